The van der Waals surface area contributed by atoms with Gasteiger partial charge in [0.05, 0.1) is 21.7 Å². The number of thiazole rings is 1. The summed E-state index contributed by atoms with van der Waals surface area (Å²) in [6, 6.07) is 12.2. The third-order valence-electron chi connectivity index (χ3n) is 6.78. The average molecular weight is 525 g/mol. The smallest absolute Gasteiger partial charge is 0.270 e. The Morgan fingerprint density at radius 3 is 2.32 bits per heavy atom. The number of nitro groups is 1. The third-order valence-corrected chi connectivity index (χ3v) is 7.86. The average Bonchev–Trinajstić information content (AvgIpc) is 3.36. The van der Waals surface area contributed by atoms with Crippen molar-refractivity contribution in [1.29, 1.82) is 0 Å². The first kappa shape index (κ1) is 26.9. The highest BCUT2D eigenvalue weighted by atomic mass is 32.1. The molecule has 4 rings (SSSR count). The number of aromatic nitrogens is 1. The second kappa shape index (κ2) is 13.4. The van der Waals surface area contributed by atoms with Crippen LogP contribution in [0.25, 0.3) is 10.2 Å². The summed E-state index contributed by atoms with van der Waals surface area (Å²) in [7, 11) is 0. The number of non-ortho nitro benzene ring substituents is 1. The van der Waals surface area contributed by atoms with Gasteiger partial charge in [0.25, 0.3) is 11.6 Å². The number of hydrogen-bond donors (Lipinski definition) is 0. The molecule has 1 fully saturated rings. The van der Waals surface area contributed by atoms with E-state index in [9.17, 15) is 14.9 Å². The van der Waals surface area contributed by atoms with Crippen LogP contribution in [0.3, 0.4) is 0 Å². The Bertz CT molecular complexity index is 1170. The van der Waals surface area contributed by atoms with Crippen molar-refractivity contribution in [3.05, 3.63) is 58.1 Å². The number of nitro benzene ring substituents is 1. The predicted octanol–water partition coefficient (Wildman–Crippen LogP) is 6.69. The van der Waals surface area contributed by atoms with Crippen LogP contribution in [0.2, 0.25) is 0 Å². The summed E-state index contributed by atoms with van der Waals surface area (Å²) >= 11 is 1.45. The number of ether oxygens (including phenoxy) is 1. The van der Waals surface area contributed by atoms with Crippen molar-refractivity contribution < 1.29 is 14.5 Å². The highest BCUT2D eigenvalue weighted by molar-refractivity contribution is 7.22. The van der Waals surface area contributed by atoms with Gasteiger partial charge in [0.15, 0.2) is 5.13 Å². The first-order valence-electron chi connectivity index (χ1n) is 13.4. The molecule has 2 aromatic carbocycles. The highest BCUT2D eigenvalue weighted by Gasteiger charge is 2.24. The second-order valence-electron chi connectivity index (χ2n) is 9.53. The number of piperazine rings is 1. The lowest BCUT2D eigenvalue weighted by atomic mass is 10.1. The molecule has 0 radical (unpaired) electrons. The van der Waals surface area contributed by atoms with Crippen LogP contribution in [0, 0.1) is 10.1 Å². The summed E-state index contributed by atoms with van der Waals surface area (Å²) < 4.78 is 6.66. The van der Waals surface area contributed by atoms with E-state index in [4.69, 9.17) is 4.74 Å². The number of carbonyl (C=O) groups is 1. The number of anilines is 1. The minimum absolute atomic E-state index is 0.0224. The molecular weight excluding hydrogens is 488 g/mol. The van der Waals surface area contributed by atoms with Crippen LogP contribution in [0.4, 0.5) is 10.8 Å². The fourth-order valence-corrected chi connectivity index (χ4v) is 5.60. The van der Waals surface area contributed by atoms with Crippen LogP contribution < -0.4 is 9.64 Å². The largest absolute Gasteiger partial charge is 0.494 e. The number of carbonyl (C=O) groups excluding carboxylic acids is 1. The quantitative estimate of drug-likeness (QED) is 0.141. The van der Waals surface area contributed by atoms with Crippen LogP contribution >= 0.6 is 11.3 Å². The molecule has 8 nitrogen and oxygen atoms in total. The van der Waals surface area contributed by atoms with Gasteiger partial charge in [-0.2, -0.15) is 0 Å². The number of fused-ring (bicyclic) bond motifs is 1. The summed E-state index contributed by atoms with van der Waals surface area (Å²) in [5, 5.41) is 11.9. The Balaban J connectivity index is 1.20. The fraction of sp³-hybridized carbons (Fsp3) is 0.500. The van der Waals surface area contributed by atoms with Crippen LogP contribution in [0.1, 0.15) is 68.6 Å². The molecule has 0 bridgehead atoms. The van der Waals surface area contributed by atoms with E-state index in [0.717, 1.165) is 27.5 Å². The monoisotopic (exact) mass is 524 g/mol. The molecule has 0 spiro atoms. The molecule has 1 amide bonds. The lowest BCUT2D eigenvalue weighted by Gasteiger charge is -2.34. The maximum absolute atomic E-state index is 13.0. The van der Waals surface area contributed by atoms with Crippen molar-refractivity contribution in [3.63, 3.8) is 0 Å². The predicted molar refractivity (Wildman–Crippen MR) is 149 cm³/mol. The molecule has 1 aromatic heterocycles. The third kappa shape index (κ3) is 7.41. The van der Waals surface area contributed by atoms with E-state index >= 15 is 0 Å². The van der Waals surface area contributed by atoms with Gasteiger partial charge < -0.3 is 14.5 Å². The van der Waals surface area contributed by atoms with E-state index in [1.165, 1.54) is 62.3 Å². The topological polar surface area (TPSA) is 88.8 Å². The number of amides is 1. The van der Waals surface area contributed by atoms with Crippen LogP contribution in [-0.4, -0.2) is 53.5 Å². The zero-order valence-electron chi connectivity index (χ0n) is 21.6. The molecule has 37 heavy (non-hydrogen) atoms. The first-order chi connectivity index (χ1) is 18.0. The van der Waals surface area contributed by atoms with Gasteiger partial charge in [-0.15, -0.1) is 0 Å². The fourth-order valence-electron chi connectivity index (χ4n) is 4.55. The first-order valence-corrected chi connectivity index (χ1v) is 14.2. The molecule has 9 heteroatoms. The van der Waals surface area contributed by atoms with Crippen molar-refractivity contribution in [3.8, 4) is 5.75 Å². The lowest BCUT2D eigenvalue weighted by Crippen LogP contribution is -2.48. The summed E-state index contributed by atoms with van der Waals surface area (Å²) in [4.78, 5) is 32.3. The molecule has 0 N–H and O–H groups in total. The van der Waals surface area contributed by atoms with Crippen LogP contribution in [0.5, 0.6) is 5.75 Å². The minimum Gasteiger partial charge on any atom is -0.494 e. The molecule has 1 aliphatic heterocycles. The Kier molecular flexibility index (Phi) is 9.71. The van der Waals surface area contributed by atoms with Crippen molar-refractivity contribution >= 4 is 38.3 Å². The Labute approximate surface area is 222 Å². The molecule has 2 heterocycles. The number of rotatable bonds is 13. The Hall–Kier alpha value is -3.20. The maximum Gasteiger partial charge on any atom is 0.270 e. The van der Waals surface area contributed by atoms with Crippen molar-refractivity contribution in [1.82, 2.24) is 9.88 Å². The number of unbranched alkanes of at least 4 members (excludes halogenated alkanes) is 7. The molecule has 0 aliphatic carbocycles. The van der Waals surface area contributed by atoms with Gasteiger partial charge in [-0.3, -0.25) is 14.9 Å². The van der Waals surface area contributed by atoms with E-state index in [1.807, 2.05) is 29.2 Å². The minimum atomic E-state index is -0.390. The zero-order chi connectivity index (χ0) is 26.0. The molecule has 0 atom stereocenters. The van der Waals surface area contributed by atoms with Crippen LogP contribution in [-0.2, 0) is 0 Å². The SMILES string of the molecule is CCCCCCCCCCOc1ccc(C(=O)N2CCN(c3nc4ccc([N+](=O)[O-])cc4s3)CC2)cc1. The molecule has 198 valence electrons. The highest BCUT2D eigenvalue weighted by Crippen LogP contribution is 2.32. The van der Waals surface area contributed by atoms with E-state index < -0.39 is 0 Å². The van der Waals surface area contributed by atoms with Gasteiger partial charge in [0.1, 0.15) is 5.75 Å². The Morgan fingerprint density at radius 1 is 0.973 bits per heavy atom. The number of nitrogens with zero attached hydrogens (tertiary/aromatic N) is 4. The van der Waals surface area contributed by atoms with Crippen molar-refractivity contribution in [2.24, 2.45) is 0 Å². The molecule has 1 aliphatic rings. The Morgan fingerprint density at radius 2 is 1.65 bits per heavy atom. The number of hydrogen-bond acceptors (Lipinski definition) is 7. The second-order valence-corrected chi connectivity index (χ2v) is 10.5. The summed E-state index contributed by atoms with van der Waals surface area (Å²) in [5.41, 5.74) is 1.50. The zero-order valence-corrected chi connectivity index (χ0v) is 22.4. The molecular formula is C28H36N4O4S. The maximum atomic E-state index is 13.0. The van der Waals surface area contributed by atoms with E-state index in [-0.39, 0.29) is 16.5 Å². The van der Waals surface area contributed by atoms with Gasteiger partial charge >= 0.3 is 0 Å². The van der Waals surface area contributed by atoms with E-state index in [1.54, 1.807) is 12.1 Å². The standard InChI is InChI=1S/C28H36N4O4S/c1-2-3-4-5-6-7-8-9-20-36-24-13-10-22(11-14-24)27(33)30-16-18-31(19-17-30)28-29-25-15-12-23(32(34)35)21-26(25)37-28/h10-15,21H,2-9,16-20H2,1H3. The molecule has 3 aromatic rings. The molecule has 0 unspecified atom stereocenters. The normalized spacial score (nSPS) is 13.8. The van der Waals surface area contributed by atoms with E-state index in [2.05, 4.69) is 16.8 Å². The van der Waals surface area contributed by atoms with Gasteiger partial charge in [0, 0.05) is 43.9 Å². The van der Waals surface area contributed by atoms with Gasteiger partial charge in [-0.1, -0.05) is 63.2 Å². The summed E-state index contributed by atoms with van der Waals surface area (Å²) in [5.74, 6) is 0.828. The van der Waals surface area contributed by atoms with Crippen molar-refractivity contribution in [2.75, 3.05) is 37.7 Å². The summed E-state index contributed by atoms with van der Waals surface area (Å²) in [6.45, 7) is 5.51. The van der Waals surface area contributed by atoms with Crippen LogP contribution in [0.15, 0.2) is 42.5 Å². The lowest BCUT2D eigenvalue weighted by molar-refractivity contribution is -0.384. The van der Waals surface area contributed by atoms with Gasteiger partial charge in [-0.25, -0.2) is 4.98 Å². The molecule has 0 saturated carbocycles. The van der Waals surface area contributed by atoms with Gasteiger partial charge in [-0.05, 0) is 36.8 Å². The van der Waals surface area contributed by atoms with E-state index in [0.29, 0.717) is 38.3 Å². The number of benzene rings is 2. The van der Waals surface area contributed by atoms with Crippen molar-refractivity contribution in [2.45, 2.75) is 58.3 Å². The van der Waals surface area contributed by atoms with Gasteiger partial charge in [0.2, 0.25) is 0 Å². The summed E-state index contributed by atoms with van der Waals surface area (Å²) in [6.07, 6.45) is 10.2. The molecule has 1 saturated heterocycles.